The van der Waals surface area contributed by atoms with E-state index in [0.717, 1.165) is 10.4 Å². The van der Waals surface area contributed by atoms with E-state index in [0.29, 0.717) is 12.8 Å². The van der Waals surface area contributed by atoms with Crippen LogP contribution < -0.4 is 10.6 Å². The Kier molecular flexibility index (Phi) is 5.38. The third-order valence-corrected chi connectivity index (χ3v) is 4.61. The van der Waals surface area contributed by atoms with Crippen LogP contribution in [0.4, 0.5) is 19.0 Å². The molecular formula is C18H22F3N5O. The highest BCUT2D eigenvalue weighted by Crippen LogP contribution is 2.39. The van der Waals surface area contributed by atoms with E-state index >= 15 is 0 Å². The molecule has 0 bridgehead atoms. The van der Waals surface area contributed by atoms with Crippen molar-refractivity contribution in [3.8, 4) is 0 Å². The first-order valence-electron chi connectivity index (χ1n) is 8.91. The number of halogens is 3. The second-order valence-corrected chi connectivity index (χ2v) is 6.80. The molecule has 3 atom stereocenters. The van der Waals surface area contributed by atoms with Gasteiger partial charge in [-0.1, -0.05) is 13.0 Å². The van der Waals surface area contributed by atoms with E-state index in [4.69, 9.17) is 0 Å². The van der Waals surface area contributed by atoms with E-state index in [9.17, 15) is 18.0 Å². The lowest BCUT2D eigenvalue weighted by atomic mass is 10.0. The number of amides is 1. The molecule has 1 aliphatic heterocycles. The molecule has 27 heavy (non-hydrogen) atoms. The maximum atomic E-state index is 13.4. The summed E-state index contributed by atoms with van der Waals surface area (Å²) >= 11 is 0. The fourth-order valence-corrected chi connectivity index (χ4v) is 3.21. The molecule has 0 fully saturated rings. The number of aromatic nitrogens is 3. The Bertz CT molecular complexity index is 790. The molecule has 3 heterocycles. The largest absolute Gasteiger partial charge is 0.410 e. The van der Waals surface area contributed by atoms with Gasteiger partial charge in [-0.15, -0.1) is 0 Å². The molecule has 1 aliphatic rings. The molecule has 0 radical (unpaired) electrons. The summed E-state index contributed by atoms with van der Waals surface area (Å²) in [6.07, 6.45) is -1.79. The summed E-state index contributed by atoms with van der Waals surface area (Å²) in [5.74, 6) is -0.283. The van der Waals surface area contributed by atoms with Crippen LogP contribution in [0, 0.1) is 0 Å². The summed E-state index contributed by atoms with van der Waals surface area (Å²) in [5.41, 5.74) is 0.787. The molecule has 0 spiro atoms. The zero-order valence-electron chi connectivity index (χ0n) is 15.1. The first-order chi connectivity index (χ1) is 12.8. The zero-order valence-corrected chi connectivity index (χ0v) is 15.1. The van der Waals surface area contributed by atoms with Crippen LogP contribution in [-0.4, -0.2) is 38.9 Å². The Morgan fingerprint density at radius 1 is 1.44 bits per heavy atom. The van der Waals surface area contributed by atoms with Crippen LogP contribution in [0.25, 0.3) is 0 Å². The van der Waals surface area contributed by atoms with Gasteiger partial charge in [-0.3, -0.25) is 9.78 Å². The number of carbonyl (C=O) groups excluding carboxylic acids is 1. The van der Waals surface area contributed by atoms with Gasteiger partial charge in [0.25, 0.3) is 5.91 Å². The van der Waals surface area contributed by atoms with Gasteiger partial charge in [0.05, 0.1) is 0 Å². The van der Waals surface area contributed by atoms with E-state index in [2.05, 4.69) is 20.7 Å². The summed E-state index contributed by atoms with van der Waals surface area (Å²) in [4.78, 5) is 16.7. The number of anilines is 1. The summed E-state index contributed by atoms with van der Waals surface area (Å²) in [6, 6.07) is 4.61. The zero-order chi connectivity index (χ0) is 19.6. The van der Waals surface area contributed by atoms with Crippen molar-refractivity contribution >= 4 is 11.7 Å². The van der Waals surface area contributed by atoms with Crippen LogP contribution in [0.2, 0.25) is 0 Å². The average molecular weight is 381 g/mol. The summed E-state index contributed by atoms with van der Waals surface area (Å²) in [5, 5.41) is 9.73. The van der Waals surface area contributed by atoms with Crippen LogP contribution in [0.1, 0.15) is 48.9 Å². The molecule has 0 unspecified atom stereocenters. The van der Waals surface area contributed by atoms with E-state index in [1.54, 1.807) is 12.3 Å². The van der Waals surface area contributed by atoms with Crippen LogP contribution in [0.5, 0.6) is 0 Å². The van der Waals surface area contributed by atoms with Crippen molar-refractivity contribution in [2.75, 3.05) is 5.32 Å². The topological polar surface area (TPSA) is 71.8 Å². The van der Waals surface area contributed by atoms with E-state index in [1.807, 2.05) is 26.0 Å². The number of pyridine rings is 1. The number of rotatable bonds is 5. The maximum Gasteiger partial charge on any atom is 0.410 e. The van der Waals surface area contributed by atoms with Crippen molar-refractivity contribution in [2.24, 2.45) is 0 Å². The second kappa shape index (κ2) is 7.58. The number of fused-ring (bicyclic) bond motifs is 1. The number of nitrogens with one attached hydrogen (secondary N) is 2. The average Bonchev–Trinajstić information content (AvgIpc) is 3.04. The van der Waals surface area contributed by atoms with Crippen molar-refractivity contribution in [3.63, 3.8) is 0 Å². The summed E-state index contributed by atoms with van der Waals surface area (Å²) < 4.78 is 41.1. The van der Waals surface area contributed by atoms with Gasteiger partial charge >= 0.3 is 6.18 Å². The van der Waals surface area contributed by atoms with Gasteiger partial charge in [-0.05, 0) is 31.9 Å². The quantitative estimate of drug-likeness (QED) is 0.833. The number of nitrogens with zero attached hydrogens (tertiary/aromatic N) is 3. The van der Waals surface area contributed by atoms with Gasteiger partial charge in [0.2, 0.25) is 0 Å². The lowest BCUT2D eigenvalue weighted by molar-refractivity contribution is -0.173. The van der Waals surface area contributed by atoms with Gasteiger partial charge in [0, 0.05) is 36.5 Å². The second-order valence-electron chi connectivity index (χ2n) is 6.80. The summed E-state index contributed by atoms with van der Waals surface area (Å²) in [7, 11) is 0. The molecule has 9 heteroatoms. The fourth-order valence-electron chi connectivity index (χ4n) is 3.21. The van der Waals surface area contributed by atoms with Crippen molar-refractivity contribution in [2.45, 2.75) is 57.4 Å². The lowest BCUT2D eigenvalue weighted by Gasteiger charge is -2.32. The third-order valence-electron chi connectivity index (χ3n) is 4.61. The fraction of sp³-hybridized carbons (Fsp3) is 0.500. The Morgan fingerprint density at radius 3 is 2.85 bits per heavy atom. The highest BCUT2D eigenvalue weighted by molar-refractivity contribution is 5.93. The third kappa shape index (κ3) is 4.40. The Morgan fingerprint density at radius 2 is 2.22 bits per heavy atom. The SMILES string of the molecule is CC[C@@H]1C[C@H](C(F)(F)F)n2nc(C(=O)N[C@@H](C)Cc3ccccn3)cc2N1. The summed E-state index contributed by atoms with van der Waals surface area (Å²) in [6.45, 7) is 3.64. The van der Waals surface area contributed by atoms with Crippen LogP contribution in [0.15, 0.2) is 30.5 Å². The molecule has 3 rings (SSSR count). The van der Waals surface area contributed by atoms with Crippen molar-refractivity contribution in [3.05, 3.63) is 41.9 Å². The van der Waals surface area contributed by atoms with Crippen LogP contribution in [-0.2, 0) is 6.42 Å². The minimum atomic E-state index is -4.42. The molecule has 2 aromatic heterocycles. The first kappa shape index (κ1) is 19.2. The molecule has 1 amide bonds. The molecular weight excluding hydrogens is 359 g/mol. The van der Waals surface area contributed by atoms with E-state index < -0.39 is 18.1 Å². The minimum absolute atomic E-state index is 0.0311. The predicted octanol–water partition coefficient (Wildman–Crippen LogP) is 3.34. The van der Waals surface area contributed by atoms with Gasteiger partial charge in [0.1, 0.15) is 5.82 Å². The molecule has 146 valence electrons. The molecule has 0 saturated carbocycles. The van der Waals surface area contributed by atoms with Crippen molar-refractivity contribution in [1.29, 1.82) is 0 Å². The Balaban J connectivity index is 1.74. The Hall–Kier alpha value is -2.58. The van der Waals surface area contributed by atoms with Crippen LogP contribution in [0.3, 0.4) is 0 Å². The van der Waals surface area contributed by atoms with E-state index in [1.165, 1.54) is 6.07 Å². The molecule has 0 aromatic carbocycles. The minimum Gasteiger partial charge on any atom is -0.367 e. The molecule has 2 aromatic rings. The van der Waals surface area contributed by atoms with Gasteiger partial charge in [0.15, 0.2) is 11.7 Å². The highest BCUT2D eigenvalue weighted by Gasteiger charge is 2.46. The number of carbonyl (C=O) groups is 1. The smallest absolute Gasteiger partial charge is 0.367 e. The van der Waals surface area contributed by atoms with Crippen molar-refractivity contribution < 1.29 is 18.0 Å². The normalized spacial score (nSPS) is 20.5. The van der Waals surface area contributed by atoms with E-state index in [-0.39, 0.29) is 30.0 Å². The van der Waals surface area contributed by atoms with Gasteiger partial charge in [-0.2, -0.15) is 18.3 Å². The van der Waals surface area contributed by atoms with Gasteiger partial charge < -0.3 is 10.6 Å². The molecule has 6 nitrogen and oxygen atoms in total. The molecule has 0 aliphatic carbocycles. The first-order valence-corrected chi connectivity index (χ1v) is 8.91. The van der Waals surface area contributed by atoms with Gasteiger partial charge in [-0.25, -0.2) is 4.68 Å². The molecule has 2 N–H and O–H groups in total. The standard InChI is InChI=1S/C18H22F3N5O/c1-3-12-9-15(18(19,20)21)26-16(24-12)10-14(25-26)17(27)23-11(2)8-13-6-4-5-7-22-13/h4-7,10-12,15,24H,3,8-9H2,1-2H3,(H,23,27)/t11-,12+,15+/m0/s1. The van der Waals surface area contributed by atoms with Crippen LogP contribution >= 0.6 is 0 Å². The lowest BCUT2D eigenvalue weighted by Crippen LogP contribution is -2.39. The maximum absolute atomic E-state index is 13.4. The monoisotopic (exact) mass is 381 g/mol. The predicted molar refractivity (Wildman–Crippen MR) is 94.5 cm³/mol. The Labute approximate surface area is 155 Å². The number of alkyl halides is 3. The number of hydrogen-bond donors (Lipinski definition) is 2. The number of hydrogen-bond acceptors (Lipinski definition) is 4. The highest BCUT2D eigenvalue weighted by atomic mass is 19.4. The van der Waals surface area contributed by atoms with Crippen molar-refractivity contribution in [1.82, 2.24) is 20.1 Å². The molecule has 0 saturated heterocycles.